The number of hydrogen-bond acceptors (Lipinski definition) is 3. The minimum atomic E-state index is 0.839. The average Bonchev–Trinajstić information content (AvgIpc) is 2.43. The molecule has 106 valence electrons. The number of hydrogen-bond donors (Lipinski definition) is 1. The summed E-state index contributed by atoms with van der Waals surface area (Å²) >= 11 is 0. The fraction of sp³-hybridized carbons (Fsp3) is 0.353. The van der Waals surface area contributed by atoms with Crippen molar-refractivity contribution >= 4 is 5.69 Å². The van der Waals surface area contributed by atoms with E-state index in [9.17, 15) is 0 Å². The maximum absolute atomic E-state index is 5.81. The van der Waals surface area contributed by atoms with Gasteiger partial charge in [-0.25, -0.2) is 0 Å². The van der Waals surface area contributed by atoms with Gasteiger partial charge in [0, 0.05) is 24.5 Å². The molecule has 0 bridgehead atoms. The molecule has 0 fully saturated rings. The van der Waals surface area contributed by atoms with Crippen molar-refractivity contribution in [1.82, 2.24) is 9.88 Å². The van der Waals surface area contributed by atoms with Crippen molar-refractivity contribution in [2.24, 2.45) is 0 Å². The van der Waals surface area contributed by atoms with Crippen molar-refractivity contribution in [1.29, 1.82) is 0 Å². The van der Waals surface area contributed by atoms with Crippen molar-refractivity contribution in [3.05, 3.63) is 59.4 Å². The minimum Gasteiger partial charge on any atom is -0.399 e. The fourth-order valence-corrected chi connectivity index (χ4v) is 2.30. The molecule has 3 nitrogen and oxygen atoms in total. The molecule has 0 spiro atoms. The molecule has 0 saturated carbocycles. The monoisotopic (exact) mass is 269 g/mol. The number of nitrogen functional groups attached to an aromatic ring is 1. The van der Waals surface area contributed by atoms with Crippen molar-refractivity contribution < 1.29 is 0 Å². The van der Waals surface area contributed by atoms with Crippen LogP contribution in [-0.2, 0) is 13.0 Å². The largest absolute Gasteiger partial charge is 0.399 e. The molecule has 3 heteroatoms. The zero-order valence-electron chi connectivity index (χ0n) is 12.3. The molecule has 1 aromatic heterocycles. The second-order valence-corrected chi connectivity index (χ2v) is 5.13. The lowest BCUT2D eigenvalue weighted by molar-refractivity contribution is 0.280. The Balaban J connectivity index is 1.92. The third kappa shape index (κ3) is 4.35. The van der Waals surface area contributed by atoms with Gasteiger partial charge in [-0.2, -0.15) is 0 Å². The average molecular weight is 269 g/mol. The van der Waals surface area contributed by atoms with Gasteiger partial charge < -0.3 is 5.73 Å². The van der Waals surface area contributed by atoms with Crippen LogP contribution in [-0.4, -0.2) is 23.0 Å². The second-order valence-electron chi connectivity index (χ2n) is 5.13. The number of benzene rings is 1. The molecule has 0 aliphatic carbocycles. The molecule has 0 atom stereocenters. The number of nitrogens with two attached hydrogens (primary N) is 1. The van der Waals surface area contributed by atoms with Gasteiger partial charge in [-0.05, 0) is 49.7 Å². The Kier molecular flexibility index (Phi) is 5.13. The van der Waals surface area contributed by atoms with Crippen LogP contribution >= 0.6 is 0 Å². The van der Waals surface area contributed by atoms with E-state index in [-0.39, 0.29) is 0 Å². The van der Waals surface area contributed by atoms with E-state index in [2.05, 4.69) is 41.1 Å². The van der Waals surface area contributed by atoms with Crippen LogP contribution in [0.4, 0.5) is 5.69 Å². The van der Waals surface area contributed by atoms with Crippen molar-refractivity contribution in [3.63, 3.8) is 0 Å². The zero-order valence-corrected chi connectivity index (χ0v) is 12.3. The molecular formula is C17H23N3. The van der Waals surface area contributed by atoms with Gasteiger partial charge in [0.05, 0.1) is 5.69 Å². The lowest BCUT2D eigenvalue weighted by Crippen LogP contribution is -2.26. The summed E-state index contributed by atoms with van der Waals surface area (Å²) in [5.41, 5.74) is 10.2. The molecular weight excluding hydrogens is 246 g/mol. The molecule has 2 aromatic rings. The number of rotatable bonds is 6. The molecule has 0 radical (unpaired) electrons. The van der Waals surface area contributed by atoms with Gasteiger partial charge in [0.1, 0.15) is 0 Å². The Morgan fingerprint density at radius 1 is 1.15 bits per heavy atom. The first-order valence-corrected chi connectivity index (χ1v) is 7.16. The SMILES string of the molecule is CCN(CCc1cccc(N)c1)Cc1cccc(C)n1. The number of aryl methyl sites for hydroxylation is 1. The molecule has 20 heavy (non-hydrogen) atoms. The molecule has 0 amide bonds. The Labute approximate surface area is 121 Å². The van der Waals surface area contributed by atoms with Gasteiger partial charge in [-0.1, -0.05) is 25.1 Å². The van der Waals surface area contributed by atoms with E-state index in [1.54, 1.807) is 0 Å². The first-order chi connectivity index (χ1) is 9.67. The summed E-state index contributed by atoms with van der Waals surface area (Å²) in [5, 5.41) is 0. The summed E-state index contributed by atoms with van der Waals surface area (Å²) in [7, 11) is 0. The third-order valence-electron chi connectivity index (χ3n) is 3.45. The molecule has 0 aliphatic rings. The van der Waals surface area contributed by atoms with Crippen molar-refractivity contribution in [3.8, 4) is 0 Å². The molecule has 2 N–H and O–H groups in total. The van der Waals surface area contributed by atoms with E-state index in [1.807, 2.05) is 25.1 Å². The van der Waals surface area contributed by atoms with Crippen LogP contribution in [0.1, 0.15) is 23.9 Å². The zero-order chi connectivity index (χ0) is 14.4. The molecule has 0 unspecified atom stereocenters. The molecule has 0 aliphatic heterocycles. The highest BCUT2D eigenvalue weighted by atomic mass is 15.1. The summed E-state index contributed by atoms with van der Waals surface area (Å²) in [5.74, 6) is 0. The standard InChI is InChI=1S/C17H23N3/c1-3-20(13-17-9-4-6-14(2)19-17)11-10-15-7-5-8-16(18)12-15/h4-9,12H,3,10-11,13,18H2,1-2H3. The maximum Gasteiger partial charge on any atom is 0.0547 e. The number of pyridine rings is 1. The Morgan fingerprint density at radius 3 is 2.65 bits per heavy atom. The van der Waals surface area contributed by atoms with E-state index >= 15 is 0 Å². The Bertz CT molecular complexity index is 551. The number of anilines is 1. The van der Waals surface area contributed by atoms with E-state index < -0.39 is 0 Å². The van der Waals surface area contributed by atoms with Gasteiger partial charge in [-0.15, -0.1) is 0 Å². The van der Waals surface area contributed by atoms with Crippen LogP contribution in [0, 0.1) is 6.92 Å². The van der Waals surface area contributed by atoms with Crippen LogP contribution in [0.5, 0.6) is 0 Å². The van der Waals surface area contributed by atoms with E-state index in [0.717, 1.165) is 43.1 Å². The molecule has 1 heterocycles. The highest BCUT2D eigenvalue weighted by Gasteiger charge is 2.05. The van der Waals surface area contributed by atoms with Crippen LogP contribution in [0.25, 0.3) is 0 Å². The molecule has 2 rings (SSSR count). The van der Waals surface area contributed by atoms with E-state index in [1.165, 1.54) is 5.56 Å². The molecule has 0 saturated heterocycles. The number of aromatic nitrogens is 1. The number of likely N-dealkylation sites (N-methyl/N-ethyl adjacent to an activating group) is 1. The van der Waals surface area contributed by atoms with Crippen LogP contribution in [0.2, 0.25) is 0 Å². The third-order valence-corrected chi connectivity index (χ3v) is 3.45. The number of nitrogens with zero attached hydrogens (tertiary/aromatic N) is 2. The second kappa shape index (κ2) is 7.06. The molecule has 1 aromatic carbocycles. The predicted molar refractivity (Wildman–Crippen MR) is 84.5 cm³/mol. The summed E-state index contributed by atoms with van der Waals surface area (Å²) < 4.78 is 0. The normalized spacial score (nSPS) is 10.9. The first kappa shape index (κ1) is 14.5. The predicted octanol–water partition coefficient (Wildman–Crippen LogP) is 3.04. The maximum atomic E-state index is 5.81. The highest BCUT2D eigenvalue weighted by Crippen LogP contribution is 2.09. The highest BCUT2D eigenvalue weighted by molar-refractivity contribution is 5.40. The minimum absolute atomic E-state index is 0.839. The van der Waals surface area contributed by atoms with Crippen LogP contribution in [0.15, 0.2) is 42.5 Å². The van der Waals surface area contributed by atoms with E-state index in [0.29, 0.717) is 0 Å². The lowest BCUT2D eigenvalue weighted by atomic mass is 10.1. The topological polar surface area (TPSA) is 42.1 Å². The first-order valence-electron chi connectivity index (χ1n) is 7.16. The van der Waals surface area contributed by atoms with E-state index in [4.69, 9.17) is 5.73 Å². The quantitative estimate of drug-likeness (QED) is 0.820. The lowest BCUT2D eigenvalue weighted by Gasteiger charge is -2.20. The summed E-state index contributed by atoms with van der Waals surface area (Å²) in [6.07, 6.45) is 1.02. The Morgan fingerprint density at radius 2 is 1.95 bits per heavy atom. The van der Waals surface area contributed by atoms with Crippen LogP contribution in [0.3, 0.4) is 0 Å². The summed E-state index contributed by atoms with van der Waals surface area (Å²) in [4.78, 5) is 6.98. The van der Waals surface area contributed by atoms with Gasteiger partial charge >= 0.3 is 0 Å². The van der Waals surface area contributed by atoms with Gasteiger partial charge in [0.2, 0.25) is 0 Å². The van der Waals surface area contributed by atoms with Crippen LogP contribution < -0.4 is 5.73 Å². The van der Waals surface area contributed by atoms with Crippen molar-refractivity contribution in [2.75, 3.05) is 18.8 Å². The van der Waals surface area contributed by atoms with Gasteiger partial charge in [0.25, 0.3) is 0 Å². The van der Waals surface area contributed by atoms with Crippen molar-refractivity contribution in [2.45, 2.75) is 26.8 Å². The summed E-state index contributed by atoms with van der Waals surface area (Å²) in [6, 6.07) is 14.3. The van der Waals surface area contributed by atoms with Gasteiger partial charge in [0.15, 0.2) is 0 Å². The Hall–Kier alpha value is -1.87. The fourth-order valence-electron chi connectivity index (χ4n) is 2.30. The van der Waals surface area contributed by atoms with Gasteiger partial charge in [-0.3, -0.25) is 9.88 Å². The smallest absolute Gasteiger partial charge is 0.0547 e. The summed E-state index contributed by atoms with van der Waals surface area (Å²) in [6.45, 7) is 7.18.